The van der Waals surface area contributed by atoms with E-state index < -0.39 is 0 Å². The van der Waals surface area contributed by atoms with Crippen LogP contribution in [0.4, 0.5) is 0 Å². The molecule has 0 bridgehead atoms. The fourth-order valence-corrected chi connectivity index (χ4v) is 2.98. The van der Waals surface area contributed by atoms with Gasteiger partial charge in [0.1, 0.15) is 0 Å². The van der Waals surface area contributed by atoms with Crippen LogP contribution in [0.1, 0.15) is 22.8 Å². The molecule has 1 amide bonds. The first-order valence-electron chi connectivity index (χ1n) is 8.26. The van der Waals surface area contributed by atoms with E-state index in [9.17, 15) is 4.79 Å². The Labute approximate surface area is 142 Å². The molecule has 2 aromatic rings. The molecule has 0 aliphatic carbocycles. The molecule has 0 radical (unpaired) electrons. The van der Waals surface area contributed by atoms with Crippen molar-refractivity contribution in [3.8, 4) is 0 Å². The zero-order valence-electron chi connectivity index (χ0n) is 13.9. The van der Waals surface area contributed by atoms with Crippen LogP contribution >= 0.6 is 0 Å². The lowest BCUT2D eigenvalue weighted by Gasteiger charge is -2.29. The predicted molar refractivity (Wildman–Crippen MR) is 92.4 cm³/mol. The molecule has 5 heteroatoms. The van der Waals surface area contributed by atoms with Gasteiger partial charge in [-0.25, -0.2) is 0 Å². The summed E-state index contributed by atoms with van der Waals surface area (Å²) in [5.41, 5.74) is 3.59. The lowest BCUT2D eigenvalue weighted by molar-refractivity contribution is -0.122. The first-order chi connectivity index (χ1) is 11.7. The highest BCUT2D eigenvalue weighted by Crippen LogP contribution is 2.27. The van der Waals surface area contributed by atoms with E-state index in [4.69, 9.17) is 4.74 Å². The van der Waals surface area contributed by atoms with E-state index in [0.29, 0.717) is 19.6 Å². The summed E-state index contributed by atoms with van der Waals surface area (Å²) < 4.78 is 5.90. The molecule has 0 spiro atoms. The molecule has 5 nitrogen and oxygen atoms in total. The third kappa shape index (κ3) is 4.40. The van der Waals surface area contributed by atoms with Crippen molar-refractivity contribution in [2.75, 3.05) is 26.7 Å². The van der Waals surface area contributed by atoms with E-state index in [2.05, 4.69) is 28.5 Å². The standard InChI is InChI=1S/C19H23N3O2/c1-22(14-19(23)21-12-15-5-4-9-20-11-15)13-18-17-7-3-2-6-16(17)8-10-24-18/h2-7,9,11,18H,8,10,12-14H2,1H3,(H,21,23)/t18-/m1/s1. The van der Waals surface area contributed by atoms with Gasteiger partial charge >= 0.3 is 0 Å². The molecule has 2 heterocycles. The van der Waals surface area contributed by atoms with E-state index in [0.717, 1.165) is 18.6 Å². The average molecular weight is 325 g/mol. The van der Waals surface area contributed by atoms with Crippen molar-refractivity contribution in [1.82, 2.24) is 15.2 Å². The number of nitrogens with zero attached hydrogens (tertiary/aromatic N) is 2. The molecule has 1 aromatic carbocycles. The first-order valence-corrected chi connectivity index (χ1v) is 8.26. The molecular formula is C19H23N3O2. The van der Waals surface area contributed by atoms with Crippen molar-refractivity contribution in [3.63, 3.8) is 0 Å². The molecule has 0 unspecified atom stereocenters. The molecule has 1 atom stereocenters. The van der Waals surface area contributed by atoms with Crippen LogP contribution in [0, 0.1) is 0 Å². The molecule has 126 valence electrons. The summed E-state index contributed by atoms with van der Waals surface area (Å²) in [6, 6.07) is 12.2. The number of ether oxygens (including phenoxy) is 1. The van der Waals surface area contributed by atoms with E-state index in [1.54, 1.807) is 12.4 Å². The second-order valence-corrected chi connectivity index (χ2v) is 6.14. The van der Waals surface area contributed by atoms with Crippen molar-refractivity contribution in [2.24, 2.45) is 0 Å². The highest BCUT2D eigenvalue weighted by molar-refractivity contribution is 5.77. The van der Waals surface area contributed by atoms with Crippen LogP contribution in [-0.4, -0.2) is 42.5 Å². The number of hydrogen-bond acceptors (Lipinski definition) is 4. The third-order valence-electron chi connectivity index (χ3n) is 4.20. The number of carbonyl (C=O) groups excluding carboxylic acids is 1. The average Bonchev–Trinajstić information content (AvgIpc) is 2.61. The maximum Gasteiger partial charge on any atom is 0.234 e. The molecule has 1 aromatic heterocycles. The van der Waals surface area contributed by atoms with Gasteiger partial charge in [0.2, 0.25) is 5.91 Å². The van der Waals surface area contributed by atoms with Gasteiger partial charge in [-0.1, -0.05) is 30.3 Å². The molecule has 0 saturated carbocycles. The van der Waals surface area contributed by atoms with E-state index >= 15 is 0 Å². The molecule has 0 saturated heterocycles. The molecule has 3 rings (SSSR count). The highest BCUT2D eigenvalue weighted by Gasteiger charge is 2.22. The number of nitrogens with one attached hydrogen (secondary N) is 1. The number of fused-ring (bicyclic) bond motifs is 1. The van der Waals surface area contributed by atoms with Gasteiger partial charge in [-0.2, -0.15) is 0 Å². The van der Waals surface area contributed by atoms with Crippen LogP contribution in [0.3, 0.4) is 0 Å². The normalized spacial score (nSPS) is 16.7. The van der Waals surface area contributed by atoms with Gasteiger partial charge in [-0.05, 0) is 36.2 Å². The van der Waals surface area contributed by atoms with Gasteiger partial charge in [-0.3, -0.25) is 14.7 Å². The number of carbonyl (C=O) groups is 1. The Bertz CT molecular complexity index is 675. The van der Waals surface area contributed by atoms with Gasteiger partial charge in [0.05, 0.1) is 19.3 Å². The summed E-state index contributed by atoms with van der Waals surface area (Å²) >= 11 is 0. The number of pyridine rings is 1. The van der Waals surface area contributed by atoms with Gasteiger partial charge in [-0.15, -0.1) is 0 Å². The topological polar surface area (TPSA) is 54.5 Å². The SMILES string of the molecule is CN(CC(=O)NCc1cccnc1)C[C@H]1OCCc2ccccc21. The van der Waals surface area contributed by atoms with E-state index in [1.165, 1.54) is 11.1 Å². The number of aromatic nitrogens is 1. The molecule has 1 N–H and O–H groups in total. The zero-order chi connectivity index (χ0) is 16.8. The van der Waals surface area contributed by atoms with Crippen LogP contribution in [0.25, 0.3) is 0 Å². The Hall–Kier alpha value is -2.24. The minimum absolute atomic E-state index is 0.00504. The van der Waals surface area contributed by atoms with Gasteiger partial charge in [0.25, 0.3) is 0 Å². The highest BCUT2D eigenvalue weighted by atomic mass is 16.5. The van der Waals surface area contributed by atoms with Gasteiger partial charge in [0, 0.05) is 25.5 Å². The summed E-state index contributed by atoms with van der Waals surface area (Å²) in [4.78, 5) is 18.1. The monoisotopic (exact) mass is 325 g/mol. The smallest absolute Gasteiger partial charge is 0.234 e. The van der Waals surface area contributed by atoms with Crippen molar-refractivity contribution < 1.29 is 9.53 Å². The third-order valence-corrected chi connectivity index (χ3v) is 4.20. The van der Waals surface area contributed by atoms with Crippen LogP contribution in [0.15, 0.2) is 48.8 Å². The minimum atomic E-state index is 0.00504. The largest absolute Gasteiger partial charge is 0.372 e. The molecule has 1 aliphatic heterocycles. The van der Waals surface area contributed by atoms with Crippen molar-refractivity contribution in [2.45, 2.75) is 19.1 Å². The quantitative estimate of drug-likeness (QED) is 0.882. The maximum atomic E-state index is 12.1. The lowest BCUT2D eigenvalue weighted by Crippen LogP contribution is -2.37. The lowest BCUT2D eigenvalue weighted by atomic mass is 9.97. The zero-order valence-corrected chi connectivity index (χ0v) is 13.9. The number of rotatable bonds is 6. The van der Waals surface area contributed by atoms with E-state index in [-0.39, 0.29) is 12.0 Å². The van der Waals surface area contributed by atoms with Crippen molar-refractivity contribution >= 4 is 5.91 Å². The Morgan fingerprint density at radius 1 is 1.33 bits per heavy atom. The summed E-state index contributed by atoms with van der Waals surface area (Å²) in [7, 11) is 1.95. The van der Waals surface area contributed by atoms with Crippen LogP contribution in [0.5, 0.6) is 0 Å². The van der Waals surface area contributed by atoms with Crippen molar-refractivity contribution in [1.29, 1.82) is 0 Å². The van der Waals surface area contributed by atoms with Gasteiger partial charge < -0.3 is 10.1 Å². The Balaban J connectivity index is 1.49. The summed E-state index contributed by atoms with van der Waals surface area (Å²) in [5.74, 6) is 0.00504. The Morgan fingerprint density at radius 2 is 2.21 bits per heavy atom. The Kier molecular flexibility index (Phi) is 5.56. The van der Waals surface area contributed by atoms with Gasteiger partial charge in [0.15, 0.2) is 0 Å². The number of likely N-dealkylation sites (N-methyl/N-ethyl adjacent to an activating group) is 1. The molecular weight excluding hydrogens is 302 g/mol. The molecule has 0 fully saturated rings. The summed E-state index contributed by atoms with van der Waals surface area (Å²) in [5, 5.41) is 2.92. The van der Waals surface area contributed by atoms with Crippen LogP contribution in [0.2, 0.25) is 0 Å². The fraction of sp³-hybridized carbons (Fsp3) is 0.368. The molecule has 24 heavy (non-hydrogen) atoms. The molecule has 1 aliphatic rings. The van der Waals surface area contributed by atoms with Crippen molar-refractivity contribution in [3.05, 3.63) is 65.5 Å². The number of hydrogen-bond donors (Lipinski definition) is 1. The second-order valence-electron chi connectivity index (χ2n) is 6.14. The van der Waals surface area contributed by atoms with Crippen LogP contribution in [-0.2, 0) is 22.5 Å². The first kappa shape index (κ1) is 16.6. The maximum absolute atomic E-state index is 12.1. The summed E-state index contributed by atoms with van der Waals surface area (Å²) in [6.45, 7) is 2.30. The Morgan fingerprint density at radius 3 is 3.04 bits per heavy atom. The van der Waals surface area contributed by atoms with E-state index in [1.807, 2.05) is 30.1 Å². The number of benzene rings is 1. The number of amides is 1. The second kappa shape index (κ2) is 8.04. The predicted octanol–water partition coefficient (Wildman–Crippen LogP) is 1.94. The fourth-order valence-electron chi connectivity index (χ4n) is 2.98. The minimum Gasteiger partial charge on any atom is -0.372 e. The van der Waals surface area contributed by atoms with Crippen LogP contribution < -0.4 is 5.32 Å². The summed E-state index contributed by atoms with van der Waals surface area (Å²) in [6.07, 6.45) is 4.48.